The van der Waals surface area contributed by atoms with Crippen LogP contribution < -0.4 is 5.32 Å². The molecule has 0 radical (unpaired) electrons. The maximum Gasteiger partial charge on any atom is 0.276 e. The van der Waals surface area contributed by atoms with Crippen molar-refractivity contribution < 1.29 is 9.18 Å². The lowest BCUT2D eigenvalue weighted by molar-refractivity contribution is -0.110. The van der Waals surface area contributed by atoms with E-state index >= 15 is 0 Å². The maximum absolute atomic E-state index is 13.3. The molecule has 5 nitrogen and oxygen atoms in total. The molecule has 0 bridgehead atoms. The van der Waals surface area contributed by atoms with Crippen molar-refractivity contribution >= 4 is 17.3 Å². The van der Waals surface area contributed by atoms with Gasteiger partial charge < -0.3 is 10.2 Å². The van der Waals surface area contributed by atoms with E-state index in [9.17, 15) is 9.18 Å². The van der Waals surface area contributed by atoms with E-state index in [-0.39, 0.29) is 11.7 Å². The number of carbonyl (C=O) groups is 1. The highest BCUT2D eigenvalue weighted by atomic mass is 19.1. The van der Waals surface area contributed by atoms with E-state index in [1.807, 2.05) is 5.01 Å². The number of piperazine rings is 1. The fourth-order valence-corrected chi connectivity index (χ4v) is 2.26. The Morgan fingerprint density at radius 3 is 2.74 bits per heavy atom. The number of anilines is 1. The Hall–Kier alpha value is -1.95. The molecule has 0 unspecified atom stereocenters. The smallest absolute Gasteiger partial charge is 0.276 e. The Kier molecular flexibility index (Phi) is 2.94. The minimum absolute atomic E-state index is 0.264. The molecule has 3 rings (SSSR count). The lowest BCUT2D eigenvalue weighted by atomic mass is 10.1. The molecule has 2 heterocycles. The fourth-order valence-electron chi connectivity index (χ4n) is 2.26. The van der Waals surface area contributed by atoms with E-state index in [4.69, 9.17) is 0 Å². The number of nitrogens with zero attached hydrogens (tertiary/aromatic N) is 3. The summed E-state index contributed by atoms with van der Waals surface area (Å²) in [6, 6.07) is 4.25. The molecule has 19 heavy (non-hydrogen) atoms. The van der Waals surface area contributed by atoms with Crippen LogP contribution in [0.2, 0.25) is 0 Å². The van der Waals surface area contributed by atoms with Gasteiger partial charge in [-0.1, -0.05) is 0 Å². The summed E-state index contributed by atoms with van der Waals surface area (Å²) in [4.78, 5) is 14.1. The Morgan fingerprint density at radius 2 is 2.00 bits per heavy atom. The number of nitrogens with one attached hydrogen (secondary N) is 1. The summed E-state index contributed by atoms with van der Waals surface area (Å²) in [5.74, 6) is -0.624. The second-order valence-electron chi connectivity index (χ2n) is 4.85. The highest BCUT2D eigenvalue weighted by Crippen LogP contribution is 2.24. The zero-order valence-corrected chi connectivity index (χ0v) is 10.7. The minimum Gasteiger partial charge on any atom is -0.320 e. The van der Waals surface area contributed by atoms with E-state index in [1.165, 1.54) is 12.1 Å². The summed E-state index contributed by atoms with van der Waals surface area (Å²) >= 11 is 0. The van der Waals surface area contributed by atoms with Crippen LogP contribution in [0.1, 0.15) is 5.56 Å². The Bertz CT molecular complexity index is 550. The van der Waals surface area contributed by atoms with Crippen molar-refractivity contribution in [3.8, 4) is 0 Å². The van der Waals surface area contributed by atoms with Crippen LogP contribution in [0, 0.1) is 5.82 Å². The summed E-state index contributed by atoms with van der Waals surface area (Å²) in [5, 5.41) is 8.95. The van der Waals surface area contributed by atoms with Crippen LogP contribution in [0.15, 0.2) is 23.3 Å². The predicted molar refractivity (Wildman–Crippen MR) is 70.6 cm³/mol. The van der Waals surface area contributed by atoms with Crippen molar-refractivity contribution in [1.29, 1.82) is 0 Å². The van der Waals surface area contributed by atoms with Crippen molar-refractivity contribution in [2.75, 3.05) is 38.5 Å². The van der Waals surface area contributed by atoms with Gasteiger partial charge in [-0.15, -0.1) is 0 Å². The summed E-state index contributed by atoms with van der Waals surface area (Å²) in [6.07, 6.45) is 0. The minimum atomic E-state index is -0.360. The lowest BCUT2D eigenvalue weighted by Gasteiger charge is -2.30. The second kappa shape index (κ2) is 4.62. The average Bonchev–Trinajstić information content (AvgIpc) is 2.69. The van der Waals surface area contributed by atoms with Gasteiger partial charge in [-0.3, -0.25) is 9.80 Å². The van der Waals surface area contributed by atoms with Crippen LogP contribution in [0.4, 0.5) is 10.1 Å². The van der Waals surface area contributed by atoms with E-state index in [1.54, 1.807) is 6.07 Å². The van der Waals surface area contributed by atoms with Crippen molar-refractivity contribution in [2.45, 2.75) is 0 Å². The van der Waals surface area contributed by atoms with Crippen molar-refractivity contribution in [1.82, 2.24) is 9.91 Å². The molecule has 1 N–H and O–H groups in total. The molecule has 0 aliphatic carbocycles. The molecule has 0 saturated carbocycles. The molecule has 100 valence electrons. The number of carbonyl (C=O) groups excluding carboxylic acids is 1. The molecule has 0 atom stereocenters. The number of fused-ring (bicyclic) bond motifs is 1. The van der Waals surface area contributed by atoms with Crippen LogP contribution >= 0.6 is 0 Å². The van der Waals surface area contributed by atoms with E-state index in [0.29, 0.717) is 17.0 Å². The molecule has 2 aliphatic heterocycles. The van der Waals surface area contributed by atoms with Crippen LogP contribution in [0.5, 0.6) is 0 Å². The zero-order chi connectivity index (χ0) is 13.4. The molecule has 6 heteroatoms. The van der Waals surface area contributed by atoms with Gasteiger partial charge in [-0.25, -0.2) is 4.39 Å². The molecular weight excluding hydrogens is 247 g/mol. The van der Waals surface area contributed by atoms with Crippen LogP contribution in [-0.4, -0.2) is 54.8 Å². The molecular formula is C13H15FN4O. The number of halogens is 1. The Labute approximate surface area is 110 Å². The number of hydrogen-bond donors (Lipinski definition) is 1. The quantitative estimate of drug-likeness (QED) is 0.811. The van der Waals surface area contributed by atoms with Crippen molar-refractivity contribution in [2.24, 2.45) is 5.10 Å². The Balaban J connectivity index is 1.89. The largest absolute Gasteiger partial charge is 0.320 e. The number of benzene rings is 1. The number of hydrazone groups is 1. The summed E-state index contributed by atoms with van der Waals surface area (Å²) < 4.78 is 13.3. The van der Waals surface area contributed by atoms with Crippen LogP contribution in [-0.2, 0) is 4.79 Å². The van der Waals surface area contributed by atoms with E-state index in [2.05, 4.69) is 22.4 Å². The summed E-state index contributed by atoms with van der Waals surface area (Å²) in [7, 11) is 2.05. The number of amides is 1. The van der Waals surface area contributed by atoms with E-state index in [0.717, 1.165) is 26.2 Å². The van der Waals surface area contributed by atoms with Gasteiger partial charge >= 0.3 is 0 Å². The van der Waals surface area contributed by atoms with Gasteiger partial charge in [-0.05, 0) is 25.2 Å². The SMILES string of the molecule is CN1CCN(/N=C2\C(=O)Nc3ccc(F)cc32)CC1. The molecule has 1 amide bonds. The standard InChI is InChI=1S/C13H15FN4O/c1-17-4-6-18(7-5-17)16-12-10-8-9(14)2-3-11(10)15-13(12)19/h2-3,8H,4-7H2,1H3,(H,15,16,19). The monoisotopic (exact) mass is 262 g/mol. The normalized spacial score (nSPS) is 21.7. The third-order valence-electron chi connectivity index (χ3n) is 3.42. The Morgan fingerprint density at radius 1 is 1.26 bits per heavy atom. The highest BCUT2D eigenvalue weighted by Gasteiger charge is 2.27. The van der Waals surface area contributed by atoms with Gasteiger partial charge in [0.15, 0.2) is 5.71 Å². The zero-order valence-electron chi connectivity index (χ0n) is 10.7. The number of rotatable bonds is 1. The van der Waals surface area contributed by atoms with Crippen molar-refractivity contribution in [3.63, 3.8) is 0 Å². The molecule has 1 aromatic rings. The predicted octanol–water partition coefficient (Wildman–Crippen LogP) is 0.729. The van der Waals surface area contributed by atoms with Gasteiger partial charge in [0, 0.05) is 31.7 Å². The number of hydrogen-bond acceptors (Lipinski definition) is 4. The van der Waals surface area contributed by atoms with Gasteiger partial charge in [-0.2, -0.15) is 5.10 Å². The van der Waals surface area contributed by atoms with Crippen LogP contribution in [0.25, 0.3) is 0 Å². The first-order valence-electron chi connectivity index (χ1n) is 6.27. The second-order valence-corrected chi connectivity index (χ2v) is 4.85. The summed E-state index contributed by atoms with van der Waals surface area (Å²) in [5.41, 5.74) is 1.47. The maximum atomic E-state index is 13.3. The highest BCUT2D eigenvalue weighted by molar-refractivity contribution is 6.53. The molecule has 0 spiro atoms. The van der Waals surface area contributed by atoms with Gasteiger partial charge in [0.2, 0.25) is 0 Å². The molecule has 1 saturated heterocycles. The summed E-state index contributed by atoms with van der Waals surface area (Å²) in [6.45, 7) is 3.37. The third-order valence-corrected chi connectivity index (χ3v) is 3.42. The molecule has 0 aromatic heterocycles. The van der Waals surface area contributed by atoms with E-state index < -0.39 is 0 Å². The van der Waals surface area contributed by atoms with Crippen molar-refractivity contribution in [3.05, 3.63) is 29.6 Å². The first-order valence-corrected chi connectivity index (χ1v) is 6.27. The lowest BCUT2D eigenvalue weighted by Crippen LogP contribution is -2.42. The first kappa shape index (κ1) is 12.1. The topological polar surface area (TPSA) is 47.9 Å². The first-order chi connectivity index (χ1) is 9.13. The average molecular weight is 262 g/mol. The van der Waals surface area contributed by atoms with Crippen LogP contribution in [0.3, 0.4) is 0 Å². The molecule has 1 fully saturated rings. The van der Waals surface area contributed by atoms with Gasteiger partial charge in [0.05, 0.1) is 5.69 Å². The fraction of sp³-hybridized carbons (Fsp3) is 0.385. The molecule has 1 aromatic carbocycles. The van der Waals surface area contributed by atoms with Gasteiger partial charge in [0.25, 0.3) is 5.91 Å². The third kappa shape index (κ3) is 2.31. The molecule has 2 aliphatic rings. The van der Waals surface area contributed by atoms with Gasteiger partial charge in [0.1, 0.15) is 5.82 Å². The number of likely N-dealkylation sites (N-methyl/N-ethyl adjacent to an activating group) is 1.